The number of imide groups is 1. The molecule has 3 amide bonds. The highest BCUT2D eigenvalue weighted by Gasteiger charge is 2.35. The van der Waals surface area contributed by atoms with E-state index < -0.39 is 23.7 Å². The molecule has 1 fully saturated rings. The number of carbonyl (C=O) groups excluding carboxylic acids is 2. The molecule has 0 aliphatic carbocycles. The van der Waals surface area contributed by atoms with E-state index in [1.165, 1.54) is 22.8 Å². The first kappa shape index (κ1) is 22.1. The summed E-state index contributed by atoms with van der Waals surface area (Å²) < 4.78 is 42.2. The number of benzene rings is 1. The van der Waals surface area contributed by atoms with Crippen LogP contribution < -0.4 is 11.1 Å². The number of nitrogens with zero attached hydrogens (tertiary/aromatic N) is 4. The van der Waals surface area contributed by atoms with E-state index in [2.05, 4.69) is 15.1 Å². The molecule has 2 aromatic rings. The summed E-state index contributed by atoms with van der Waals surface area (Å²) in [5, 5.41) is 10.2. The number of likely N-dealkylation sites (tertiary alicyclic amines) is 1. The number of halogens is 3. The fraction of sp³-hybridized carbons (Fsp3) is 0.444. The van der Waals surface area contributed by atoms with Gasteiger partial charge in [-0.2, -0.15) is 13.2 Å². The smallest absolute Gasteiger partial charge is 0.351 e. The van der Waals surface area contributed by atoms with Crippen LogP contribution in [0.1, 0.15) is 30.7 Å². The zero-order valence-electron chi connectivity index (χ0n) is 16.0. The van der Waals surface area contributed by atoms with E-state index in [1.807, 2.05) is 5.32 Å². The number of nitrogens with two attached hydrogens (primary N) is 1. The Morgan fingerprint density at radius 2 is 1.83 bits per heavy atom. The monoisotopic (exact) mass is 442 g/mol. The Morgan fingerprint density at radius 3 is 2.50 bits per heavy atom. The summed E-state index contributed by atoms with van der Waals surface area (Å²) >= 11 is 0.878. The first-order chi connectivity index (χ1) is 14.3. The van der Waals surface area contributed by atoms with Crippen molar-refractivity contribution in [1.82, 2.24) is 25.0 Å². The van der Waals surface area contributed by atoms with Crippen LogP contribution in [0.3, 0.4) is 0 Å². The number of hydrogen-bond donors (Lipinski definition) is 2. The first-order valence-corrected chi connectivity index (χ1v) is 10.3. The van der Waals surface area contributed by atoms with Crippen molar-refractivity contribution in [2.45, 2.75) is 37.1 Å². The summed E-state index contributed by atoms with van der Waals surface area (Å²) in [6.07, 6.45) is -1.42. The fourth-order valence-electron chi connectivity index (χ4n) is 3.27. The Morgan fingerprint density at radius 1 is 1.13 bits per heavy atom. The number of urea groups is 1. The lowest BCUT2D eigenvalue weighted by atomic mass is 10.1. The Kier molecular flexibility index (Phi) is 6.98. The summed E-state index contributed by atoms with van der Waals surface area (Å²) in [5.74, 6) is -0.575. The molecular weight excluding hydrogens is 421 g/mol. The normalized spacial score (nSPS) is 15.2. The van der Waals surface area contributed by atoms with Crippen LogP contribution in [-0.4, -0.2) is 50.4 Å². The number of primary amides is 1. The van der Waals surface area contributed by atoms with E-state index >= 15 is 0 Å². The maximum absolute atomic E-state index is 13.6. The van der Waals surface area contributed by atoms with Gasteiger partial charge in [-0.25, -0.2) is 4.79 Å². The molecule has 3 rings (SSSR count). The second kappa shape index (κ2) is 9.47. The van der Waals surface area contributed by atoms with Crippen molar-refractivity contribution in [2.75, 3.05) is 18.8 Å². The molecule has 8 nitrogen and oxygen atoms in total. The summed E-state index contributed by atoms with van der Waals surface area (Å²) in [5.41, 5.74) is 3.98. The molecule has 1 aliphatic rings. The first-order valence-electron chi connectivity index (χ1n) is 9.31. The zero-order chi connectivity index (χ0) is 21.7. The van der Waals surface area contributed by atoms with E-state index in [-0.39, 0.29) is 16.6 Å². The van der Waals surface area contributed by atoms with E-state index in [4.69, 9.17) is 5.73 Å². The van der Waals surface area contributed by atoms with Gasteiger partial charge in [-0.1, -0.05) is 30.3 Å². The van der Waals surface area contributed by atoms with Crippen LogP contribution in [-0.2, 0) is 17.5 Å². The number of piperidine rings is 1. The number of amides is 3. The fourth-order valence-corrected chi connectivity index (χ4v) is 4.03. The Labute approximate surface area is 175 Å². The lowest BCUT2D eigenvalue weighted by Crippen LogP contribution is -2.36. The molecule has 162 valence electrons. The molecule has 1 aliphatic heterocycles. The van der Waals surface area contributed by atoms with E-state index in [1.54, 1.807) is 0 Å². The standard InChI is InChI=1S/C18H21F3N6O2S/c19-18(20,21)12-6-2-3-7-13(12)27-14(10-26-8-4-1-5-9-26)24-25-17(27)30-11-15(28)23-16(22)29/h2-3,6-7H,1,4-5,8-11H2,(H3,22,23,28,29). The second-order valence-electron chi connectivity index (χ2n) is 6.79. The van der Waals surface area contributed by atoms with Crippen LogP contribution >= 0.6 is 11.8 Å². The number of para-hydroxylation sites is 1. The predicted octanol–water partition coefficient (Wildman–Crippen LogP) is 2.56. The maximum atomic E-state index is 13.6. The maximum Gasteiger partial charge on any atom is 0.418 e. The molecule has 30 heavy (non-hydrogen) atoms. The summed E-state index contributed by atoms with van der Waals surface area (Å²) in [7, 11) is 0. The van der Waals surface area contributed by atoms with Gasteiger partial charge < -0.3 is 5.73 Å². The molecule has 0 saturated carbocycles. The van der Waals surface area contributed by atoms with Gasteiger partial charge in [0.1, 0.15) is 0 Å². The van der Waals surface area contributed by atoms with Gasteiger partial charge in [0.25, 0.3) is 0 Å². The number of nitrogens with one attached hydrogen (secondary N) is 1. The highest BCUT2D eigenvalue weighted by molar-refractivity contribution is 7.99. The van der Waals surface area contributed by atoms with E-state index in [9.17, 15) is 22.8 Å². The van der Waals surface area contributed by atoms with Crippen molar-refractivity contribution in [1.29, 1.82) is 0 Å². The highest BCUT2D eigenvalue weighted by Crippen LogP contribution is 2.35. The van der Waals surface area contributed by atoms with Gasteiger partial charge in [-0.05, 0) is 38.1 Å². The number of thioether (sulfide) groups is 1. The van der Waals surface area contributed by atoms with Gasteiger partial charge in [0.15, 0.2) is 11.0 Å². The minimum absolute atomic E-state index is 0.111. The molecule has 0 unspecified atom stereocenters. The SMILES string of the molecule is NC(=O)NC(=O)CSc1nnc(CN2CCCCC2)n1-c1ccccc1C(F)(F)F. The van der Waals surface area contributed by atoms with E-state index in [0.717, 1.165) is 50.2 Å². The second-order valence-corrected chi connectivity index (χ2v) is 7.73. The van der Waals surface area contributed by atoms with Crippen LogP contribution in [0.25, 0.3) is 5.69 Å². The topological polar surface area (TPSA) is 106 Å². The number of carbonyl (C=O) groups is 2. The summed E-state index contributed by atoms with van der Waals surface area (Å²) in [6, 6.07) is 4.15. The van der Waals surface area contributed by atoms with Crippen molar-refractivity contribution in [3.63, 3.8) is 0 Å². The molecule has 1 aromatic carbocycles. The van der Waals surface area contributed by atoms with Crippen LogP contribution in [0.2, 0.25) is 0 Å². The Bertz CT molecular complexity index is 912. The third-order valence-electron chi connectivity index (χ3n) is 4.56. The van der Waals surface area contributed by atoms with Gasteiger partial charge in [-0.3, -0.25) is 19.6 Å². The summed E-state index contributed by atoms with van der Waals surface area (Å²) in [6.45, 7) is 2.00. The molecule has 1 saturated heterocycles. The minimum atomic E-state index is -4.57. The molecular formula is C18H21F3N6O2S. The molecule has 0 spiro atoms. The molecule has 0 bridgehead atoms. The average molecular weight is 442 g/mol. The third kappa shape index (κ3) is 5.51. The molecule has 0 radical (unpaired) electrons. The molecule has 2 heterocycles. The van der Waals surface area contributed by atoms with Crippen molar-refractivity contribution < 1.29 is 22.8 Å². The molecule has 3 N–H and O–H groups in total. The van der Waals surface area contributed by atoms with Gasteiger partial charge in [0.05, 0.1) is 23.5 Å². The van der Waals surface area contributed by atoms with Crippen molar-refractivity contribution in [3.05, 3.63) is 35.7 Å². The quantitative estimate of drug-likeness (QED) is 0.666. The Hall–Kier alpha value is -2.60. The van der Waals surface area contributed by atoms with Crippen molar-refractivity contribution >= 4 is 23.7 Å². The van der Waals surface area contributed by atoms with Crippen LogP contribution in [0.5, 0.6) is 0 Å². The van der Waals surface area contributed by atoms with Gasteiger partial charge in [0.2, 0.25) is 5.91 Å². The van der Waals surface area contributed by atoms with E-state index in [0.29, 0.717) is 12.4 Å². The minimum Gasteiger partial charge on any atom is -0.351 e. The summed E-state index contributed by atoms with van der Waals surface area (Å²) in [4.78, 5) is 24.7. The lowest BCUT2D eigenvalue weighted by molar-refractivity contribution is -0.137. The van der Waals surface area contributed by atoms with Crippen molar-refractivity contribution in [2.24, 2.45) is 5.73 Å². The third-order valence-corrected chi connectivity index (χ3v) is 5.49. The van der Waals surface area contributed by atoms with Gasteiger partial charge in [0, 0.05) is 0 Å². The van der Waals surface area contributed by atoms with Crippen LogP contribution in [0, 0.1) is 0 Å². The molecule has 12 heteroatoms. The average Bonchev–Trinajstić information content (AvgIpc) is 3.08. The largest absolute Gasteiger partial charge is 0.418 e. The van der Waals surface area contributed by atoms with Crippen molar-refractivity contribution in [3.8, 4) is 5.69 Å². The Balaban J connectivity index is 1.96. The van der Waals surface area contributed by atoms with Gasteiger partial charge >= 0.3 is 12.2 Å². The number of rotatable bonds is 6. The molecule has 0 atom stereocenters. The lowest BCUT2D eigenvalue weighted by Gasteiger charge is -2.26. The van der Waals surface area contributed by atoms with Crippen LogP contribution in [0.4, 0.5) is 18.0 Å². The number of hydrogen-bond acceptors (Lipinski definition) is 6. The van der Waals surface area contributed by atoms with Crippen LogP contribution in [0.15, 0.2) is 29.4 Å². The van der Waals surface area contributed by atoms with Gasteiger partial charge in [-0.15, -0.1) is 10.2 Å². The zero-order valence-corrected chi connectivity index (χ0v) is 16.8. The predicted molar refractivity (Wildman–Crippen MR) is 104 cm³/mol. The molecule has 1 aromatic heterocycles. The number of aromatic nitrogens is 3. The number of alkyl halides is 3. The highest BCUT2D eigenvalue weighted by atomic mass is 32.2.